The number of carbonyl (C=O) groups is 2. The maximum Gasteiger partial charge on any atom is 0.275 e. The van der Waals surface area contributed by atoms with Gasteiger partial charge in [-0.3, -0.25) is 9.59 Å². The van der Waals surface area contributed by atoms with Crippen molar-refractivity contribution in [2.45, 2.75) is 26.3 Å². The van der Waals surface area contributed by atoms with Gasteiger partial charge in [0, 0.05) is 18.3 Å². The van der Waals surface area contributed by atoms with E-state index in [-0.39, 0.29) is 11.8 Å². The number of hydrogen-bond donors (Lipinski definition) is 3. The number of piperazine rings is 1. The van der Waals surface area contributed by atoms with Crippen molar-refractivity contribution >= 4 is 17.5 Å². The fourth-order valence-electron chi connectivity index (χ4n) is 3.05. The number of benzene rings is 1. The lowest BCUT2D eigenvalue weighted by atomic mass is 10.2. The Morgan fingerprint density at radius 2 is 2.04 bits per heavy atom. The van der Waals surface area contributed by atoms with Crippen molar-refractivity contribution in [2.75, 3.05) is 51.3 Å². The van der Waals surface area contributed by atoms with Crippen LogP contribution in [-0.4, -0.2) is 64.2 Å². The van der Waals surface area contributed by atoms with E-state index in [1.807, 2.05) is 25.1 Å². The Morgan fingerprint density at radius 3 is 2.69 bits per heavy atom. The molecule has 7 heteroatoms. The molecule has 1 aromatic carbocycles. The average Bonchev–Trinajstić information content (AvgIpc) is 2.66. The monoisotopic (exact) mass is 363 g/mol. The van der Waals surface area contributed by atoms with Crippen LogP contribution in [0.2, 0.25) is 0 Å². The number of hydrogen-bond acceptors (Lipinski definition) is 4. The highest BCUT2D eigenvalue weighted by Crippen LogP contribution is 2.20. The fourth-order valence-corrected chi connectivity index (χ4v) is 3.05. The Bertz CT molecular complexity index is 600. The van der Waals surface area contributed by atoms with E-state index in [1.165, 1.54) is 4.90 Å². The van der Waals surface area contributed by atoms with Crippen LogP contribution >= 0.6 is 0 Å². The van der Waals surface area contributed by atoms with E-state index in [0.717, 1.165) is 44.0 Å². The minimum absolute atomic E-state index is 0.0750. The number of anilines is 1. The zero-order chi connectivity index (χ0) is 18.9. The quantitative estimate of drug-likeness (QED) is 0.578. The van der Waals surface area contributed by atoms with Crippen molar-refractivity contribution in [2.24, 2.45) is 0 Å². The van der Waals surface area contributed by atoms with E-state index in [0.29, 0.717) is 13.1 Å². The molecule has 0 aromatic heterocycles. The van der Waals surface area contributed by atoms with E-state index in [9.17, 15) is 9.59 Å². The molecule has 0 aliphatic carbocycles. The normalized spacial score (nSPS) is 16.0. The smallest absolute Gasteiger partial charge is 0.275 e. The number of nitrogens with one attached hydrogen (secondary N) is 3. The molecule has 0 radical (unpaired) electrons. The van der Waals surface area contributed by atoms with Gasteiger partial charge < -0.3 is 25.2 Å². The zero-order valence-corrected chi connectivity index (χ0v) is 16.0. The number of nitrogens with zero attached hydrogens (tertiary/aromatic N) is 1. The van der Waals surface area contributed by atoms with Gasteiger partial charge in [0.05, 0.1) is 33.3 Å². The van der Waals surface area contributed by atoms with Gasteiger partial charge >= 0.3 is 0 Å². The van der Waals surface area contributed by atoms with Crippen LogP contribution in [0.4, 0.5) is 5.69 Å². The lowest BCUT2D eigenvalue weighted by Crippen LogP contribution is -3.16. The Labute approximate surface area is 155 Å². The largest absolute Gasteiger partial charge is 0.497 e. The topological polar surface area (TPSA) is 75.1 Å². The predicted octanol–water partition coefficient (Wildman–Crippen LogP) is -0.569. The summed E-state index contributed by atoms with van der Waals surface area (Å²) in [6, 6.07) is 7.55. The standard InChI is InChI=1S/C19H30N4O3/c1-4-8-20-19(25)15(2)21-18(24)14-22-9-11-23(12-10-22)16-6-5-7-17(13-16)26-3/h5-7,13,15H,4,8-12,14H2,1-3H3,(H,20,25)(H,21,24)/p+1/t15-/m0/s1. The van der Waals surface area contributed by atoms with Crippen molar-refractivity contribution in [3.05, 3.63) is 24.3 Å². The first kappa shape index (κ1) is 20.0. The molecular formula is C19H31N4O3+. The van der Waals surface area contributed by atoms with Crippen molar-refractivity contribution < 1.29 is 19.2 Å². The number of methoxy groups -OCH3 is 1. The summed E-state index contributed by atoms with van der Waals surface area (Å²) in [4.78, 5) is 27.6. The summed E-state index contributed by atoms with van der Waals surface area (Å²) in [7, 11) is 1.67. The number of ether oxygens (including phenoxy) is 1. The molecule has 1 fully saturated rings. The molecule has 2 amide bonds. The van der Waals surface area contributed by atoms with Crippen LogP contribution < -0.4 is 25.2 Å². The van der Waals surface area contributed by atoms with Gasteiger partial charge in [0.1, 0.15) is 11.8 Å². The second kappa shape index (κ2) is 10.0. The molecule has 1 saturated heterocycles. The molecule has 144 valence electrons. The molecule has 0 unspecified atom stereocenters. The van der Waals surface area contributed by atoms with E-state index in [2.05, 4.69) is 21.6 Å². The molecule has 3 N–H and O–H groups in total. The molecule has 1 aliphatic rings. The first-order valence-electron chi connectivity index (χ1n) is 9.33. The lowest BCUT2D eigenvalue weighted by Gasteiger charge is -2.33. The summed E-state index contributed by atoms with van der Waals surface area (Å²) in [6.07, 6.45) is 0.883. The Morgan fingerprint density at radius 1 is 1.31 bits per heavy atom. The van der Waals surface area contributed by atoms with E-state index < -0.39 is 6.04 Å². The zero-order valence-electron chi connectivity index (χ0n) is 16.0. The molecule has 2 rings (SSSR count). The predicted molar refractivity (Wildman–Crippen MR) is 102 cm³/mol. The third kappa shape index (κ3) is 5.91. The number of amides is 2. The highest BCUT2D eigenvalue weighted by atomic mass is 16.5. The summed E-state index contributed by atoms with van der Waals surface area (Å²) in [5.41, 5.74) is 1.15. The molecule has 1 aliphatic heterocycles. The van der Waals surface area contributed by atoms with Crippen molar-refractivity contribution in [1.82, 2.24) is 10.6 Å². The number of quaternary nitrogens is 1. The molecular weight excluding hydrogens is 332 g/mol. The number of carbonyl (C=O) groups excluding carboxylic acids is 2. The molecule has 1 atom stereocenters. The SMILES string of the molecule is CCCNC(=O)[C@H](C)NC(=O)C[NH+]1CCN(c2cccc(OC)c2)CC1. The molecule has 0 spiro atoms. The average molecular weight is 363 g/mol. The maximum absolute atomic E-state index is 12.2. The first-order valence-corrected chi connectivity index (χ1v) is 9.33. The molecule has 26 heavy (non-hydrogen) atoms. The van der Waals surface area contributed by atoms with Crippen LogP contribution in [0.25, 0.3) is 0 Å². The third-order valence-corrected chi connectivity index (χ3v) is 4.62. The van der Waals surface area contributed by atoms with Gasteiger partial charge in [-0.15, -0.1) is 0 Å². The Balaban J connectivity index is 1.75. The van der Waals surface area contributed by atoms with Crippen LogP contribution in [0, 0.1) is 0 Å². The molecule has 7 nitrogen and oxygen atoms in total. The van der Waals surface area contributed by atoms with Gasteiger partial charge in [-0.1, -0.05) is 13.0 Å². The van der Waals surface area contributed by atoms with Gasteiger partial charge in [0.25, 0.3) is 5.91 Å². The van der Waals surface area contributed by atoms with Crippen LogP contribution in [-0.2, 0) is 9.59 Å². The minimum atomic E-state index is -0.494. The van der Waals surface area contributed by atoms with Crippen LogP contribution in [0.15, 0.2) is 24.3 Å². The van der Waals surface area contributed by atoms with E-state index >= 15 is 0 Å². The molecule has 0 bridgehead atoms. The fraction of sp³-hybridized carbons (Fsp3) is 0.579. The molecule has 0 saturated carbocycles. The van der Waals surface area contributed by atoms with Crippen LogP contribution in [0.3, 0.4) is 0 Å². The molecule has 1 heterocycles. The van der Waals surface area contributed by atoms with Gasteiger partial charge in [-0.05, 0) is 25.5 Å². The molecule has 1 aromatic rings. The minimum Gasteiger partial charge on any atom is -0.497 e. The van der Waals surface area contributed by atoms with E-state index in [1.54, 1.807) is 14.0 Å². The van der Waals surface area contributed by atoms with Crippen molar-refractivity contribution in [3.8, 4) is 5.75 Å². The maximum atomic E-state index is 12.2. The number of rotatable bonds is 8. The highest BCUT2D eigenvalue weighted by Gasteiger charge is 2.24. The van der Waals surface area contributed by atoms with Gasteiger partial charge in [0.2, 0.25) is 5.91 Å². The van der Waals surface area contributed by atoms with Gasteiger partial charge in [0.15, 0.2) is 6.54 Å². The summed E-state index contributed by atoms with van der Waals surface area (Å²) >= 11 is 0. The Hall–Kier alpha value is -2.28. The summed E-state index contributed by atoms with van der Waals surface area (Å²) in [5, 5.41) is 5.59. The second-order valence-electron chi connectivity index (χ2n) is 6.70. The lowest BCUT2D eigenvalue weighted by molar-refractivity contribution is -0.892. The van der Waals surface area contributed by atoms with Crippen LogP contribution in [0.1, 0.15) is 20.3 Å². The highest BCUT2D eigenvalue weighted by molar-refractivity contribution is 5.87. The second-order valence-corrected chi connectivity index (χ2v) is 6.70. The summed E-state index contributed by atoms with van der Waals surface area (Å²) in [5.74, 6) is 0.652. The third-order valence-electron chi connectivity index (χ3n) is 4.62. The van der Waals surface area contributed by atoms with Crippen molar-refractivity contribution in [1.29, 1.82) is 0 Å². The van der Waals surface area contributed by atoms with Crippen molar-refractivity contribution in [3.63, 3.8) is 0 Å². The summed E-state index contributed by atoms with van der Waals surface area (Å²) in [6.45, 7) is 8.32. The van der Waals surface area contributed by atoms with Gasteiger partial charge in [-0.2, -0.15) is 0 Å². The first-order chi connectivity index (χ1) is 12.5. The summed E-state index contributed by atoms with van der Waals surface area (Å²) < 4.78 is 5.28. The van der Waals surface area contributed by atoms with E-state index in [4.69, 9.17) is 4.74 Å². The van der Waals surface area contributed by atoms with Gasteiger partial charge in [-0.25, -0.2) is 0 Å². The Kier molecular flexibility index (Phi) is 7.72. The van der Waals surface area contributed by atoms with Crippen LogP contribution in [0.5, 0.6) is 5.75 Å².